The summed E-state index contributed by atoms with van der Waals surface area (Å²) >= 11 is 0. The van der Waals surface area contributed by atoms with E-state index in [1.165, 1.54) is 0 Å². The summed E-state index contributed by atoms with van der Waals surface area (Å²) < 4.78 is 5.63. The number of furan rings is 1. The van der Waals surface area contributed by atoms with Gasteiger partial charge in [0.15, 0.2) is 5.76 Å². The molecule has 1 aromatic carbocycles. The van der Waals surface area contributed by atoms with Crippen LogP contribution in [0.5, 0.6) is 0 Å². The first-order valence-corrected chi connectivity index (χ1v) is 6.28. The molecule has 0 saturated carbocycles. The van der Waals surface area contributed by atoms with Crippen LogP contribution in [0.25, 0.3) is 11.0 Å². The van der Waals surface area contributed by atoms with Crippen LogP contribution >= 0.6 is 0 Å². The molecule has 2 N–H and O–H groups in total. The average Bonchev–Trinajstić information content (AvgIpc) is 2.72. The zero-order valence-corrected chi connectivity index (χ0v) is 11.1. The van der Waals surface area contributed by atoms with Crippen molar-refractivity contribution in [1.29, 1.82) is 0 Å². The second kappa shape index (κ2) is 4.94. The van der Waals surface area contributed by atoms with Gasteiger partial charge >= 0.3 is 0 Å². The lowest BCUT2D eigenvalue weighted by atomic mass is 10.00. The Morgan fingerprint density at radius 2 is 2.11 bits per heavy atom. The molecule has 1 aromatic heterocycles. The number of Topliss-reactive ketones (excluding diaryl/α,β-unsaturated/α-hetero) is 1. The molecule has 1 atom stereocenters. The fourth-order valence-corrected chi connectivity index (χ4v) is 2.13. The highest BCUT2D eigenvalue weighted by molar-refractivity contribution is 6.01. The molecule has 0 aliphatic rings. The van der Waals surface area contributed by atoms with Crippen LogP contribution in [-0.2, 0) is 0 Å². The van der Waals surface area contributed by atoms with Crippen LogP contribution in [0.4, 0.5) is 0 Å². The molecular weight excluding hydrogens is 226 g/mol. The molecular formula is C15H19NO2. The molecule has 3 heteroatoms. The molecule has 0 aliphatic carbocycles. The zero-order valence-electron chi connectivity index (χ0n) is 11.1. The first-order chi connectivity index (χ1) is 8.49. The molecule has 1 heterocycles. The number of hydrogen-bond acceptors (Lipinski definition) is 3. The maximum absolute atomic E-state index is 12.1. The van der Waals surface area contributed by atoms with Gasteiger partial charge in [0, 0.05) is 5.39 Å². The van der Waals surface area contributed by atoms with Crippen LogP contribution in [0.1, 0.15) is 36.4 Å². The van der Waals surface area contributed by atoms with Crippen LogP contribution in [0.3, 0.4) is 0 Å². The molecule has 0 bridgehead atoms. The van der Waals surface area contributed by atoms with E-state index in [4.69, 9.17) is 10.2 Å². The summed E-state index contributed by atoms with van der Waals surface area (Å²) in [4.78, 5) is 12.1. The molecule has 0 spiro atoms. The Balaban J connectivity index is 2.31. The standard InChI is InChI=1S/C15H19NO2/c1-9(2)7-12(16)14(17)13-8-11-6-4-5-10(3)15(11)18-13/h4-6,8-9,12H,7,16H2,1-3H3. The van der Waals surface area contributed by atoms with Crippen molar-refractivity contribution >= 4 is 16.8 Å². The third-order valence-corrected chi connectivity index (χ3v) is 3.05. The Labute approximate surface area is 107 Å². The van der Waals surface area contributed by atoms with Crippen LogP contribution < -0.4 is 5.73 Å². The quantitative estimate of drug-likeness (QED) is 0.841. The van der Waals surface area contributed by atoms with Crippen molar-refractivity contribution < 1.29 is 9.21 Å². The van der Waals surface area contributed by atoms with Gasteiger partial charge in [-0.2, -0.15) is 0 Å². The van der Waals surface area contributed by atoms with E-state index < -0.39 is 6.04 Å². The number of benzene rings is 1. The summed E-state index contributed by atoms with van der Waals surface area (Å²) in [5.74, 6) is 0.654. The van der Waals surface area contributed by atoms with E-state index in [2.05, 4.69) is 13.8 Å². The monoisotopic (exact) mass is 245 g/mol. The molecule has 18 heavy (non-hydrogen) atoms. The van der Waals surface area contributed by atoms with E-state index >= 15 is 0 Å². The van der Waals surface area contributed by atoms with Gasteiger partial charge in [-0.1, -0.05) is 32.0 Å². The van der Waals surface area contributed by atoms with Crippen LogP contribution in [0.2, 0.25) is 0 Å². The van der Waals surface area contributed by atoms with Gasteiger partial charge in [-0.25, -0.2) is 0 Å². The predicted octanol–water partition coefficient (Wildman–Crippen LogP) is 3.30. The van der Waals surface area contributed by atoms with Crippen molar-refractivity contribution in [2.75, 3.05) is 0 Å². The number of rotatable bonds is 4. The van der Waals surface area contributed by atoms with Gasteiger partial charge in [0.25, 0.3) is 0 Å². The Morgan fingerprint density at radius 1 is 1.39 bits per heavy atom. The number of nitrogens with two attached hydrogens (primary N) is 1. The summed E-state index contributed by atoms with van der Waals surface area (Å²) in [5, 5.41) is 0.954. The van der Waals surface area contributed by atoms with Gasteiger partial charge < -0.3 is 10.2 Å². The summed E-state index contributed by atoms with van der Waals surface area (Å²) in [5.41, 5.74) is 7.71. The maximum Gasteiger partial charge on any atom is 0.214 e. The second-order valence-corrected chi connectivity index (χ2v) is 5.20. The molecule has 0 amide bonds. The smallest absolute Gasteiger partial charge is 0.214 e. The number of fused-ring (bicyclic) bond motifs is 1. The first kappa shape index (κ1) is 12.8. The second-order valence-electron chi connectivity index (χ2n) is 5.20. The molecule has 0 radical (unpaired) electrons. The summed E-state index contributed by atoms with van der Waals surface area (Å²) in [6.45, 7) is 6.07. The van der Waals surface area contributed by atoms with Crippen molar-refractivity contribution in [3.8, 4) is 0 Å². The van der Waals surface area contributed by atoms with E-state index in [0.29, 0.717) is 18.1 Å². The lowest BCUT2D eigenvalue weighted by Gasteiger charge is -2.10. The third kappa shape index (κ3) is 2.46. The molecule has 3 nitrogen and oxygen atoms in total. The van der Waals surface area contributed by atoms with E-state index in [1.54, 1.807) is 6.07 Å². The fraction of sp³-hybridized carbons (Fsp3) is 0.400. The SMILES string of the molecule is Cc1cccc2cc(C(=O)C(N)CC(C)C)oc12. The van der Waals surface area contributed by atoms with Crippen LogP contribution in [-0.4, -0.2) is 11.8 Å². The van der Waals surface area contributed by atoms with Crippen molar-refractivity contribution in [2.45, 2.75) is 33.2 Å². The fourth-order valence-electron chi connectivity index (χ4n) is 2.13. The highest BCUT2D eigenvalue weighted by atomic mass is 16.3. The van der Waals surface area contributed by atoms with Crippen molar-refractivity contribution in [3.63, 3.8) is 0 Å². The predicted molar refractivity (Wildman–Crippen MR) is 72.7 cm³/mol. The van der Waals surface area contributed by atoms with Crippen LogP contribution in [0, 0.1) is 12.8 Å². The molecule has 0 saturated heterocycles. The number of carbonyl (C=O) groups excluding carboxylic acids is 1. The molecule has 1 unspecified atom stereocenters. The first-order valence-electron chi connectivity index (χ1n) is 6.28. The van der Waals surface area contributed by atoms with Gasteiger partial charge in [0.2, 0.25) is 5.78 Å². The third-order valence-electron chi connectivity index (χ3n) is 3.05. The van der Waals surface area contributed by atoms with Crippen molar-refractivity contribution in [3.05, 3.63) is 35.6 Å². The number of ketones is 1. The largest absolute Gasteiger partial charge is 0.453 e. The van der Waals surface area contributed by atoms with Gasteiger partial charge in [0.1, 0.15) is 5.58 Å². The summed E-state index contributed by atoms with van der Waals surface area (Å²) in [6, 6.07) is 7.16. The summed E-state index contributed by atoms with van der Waals surface area (Å²) in [6.07, 6.45) is 0.675. The highest BCUT2D eigenvalue weighted by Gasteiger charge is 2.21. The van der Waals surface area contributed by atoms with Crippen molar-refractivity contribution in [1.82, 2.24) is 0 Å². The van der Waals surface area contributed by atoms with Gasteiger partial charge in [-0.15, -0.1) is 0 Å². The van der Waals surface area contributed by atoms with E-state index in [9.17, 15) is 4.79 Å². The van der Waals surface area contributed by atoms with E-state index in [1.807, 2.05) is 25.1 Å². The molecule has 96 valence electrons. The van der Waals surface area contributed by atoms with Crippen molar-refractivity contribution in [2.24, 2.45) is 11.7 Å². The van der Waals surface area contributed by atoms with E-state index in [0.717, 1.165) is 16.5 Å². The molecule has 2 aromatic rings. The Morgan fingerprint density at radius 3 is 2.72 bits per heavy atom. The normalized spacial score (nSPS) is 13.2. The number of aryl methyl sites for hydroxylation is 1. The topological polar surface area (TPSA) is 56.2 Å². The maximum atomic E-state index is 12.1. The summed E-state index contributed by atoms with van der Waals surface area (Å²) in [7, 11) is 0. The number of para-hydroxylation sites is 1. The van der Waals surface area contributed by atoms with Gasteiger partial charge in [0.05, 0.1) is 6.04 Å². The molecule has 0 fully saturated rings. The minimum atomic E-state index is -0.481. The zero-order chi connectivity index (χ0) is 13.3. The number of carbonyl (C=O) groups is 1. The highest BCUT2D eigenvalue weighted by Crippen LogP contribution is 2.23. The van der Waals surface area contributed by atoms with Gasteiger partial charge in [-0.3, -0.25) is 4.79 Å². The Bertz CT molecular complexity index is 569. The van der Waals surface area contributed by atoms with Crippen LogP contribution in [0.15, 0.2) is 28.7 Å². The van der Waals surface area contributed by atoms with Gasteiger partial charge in [-0.05, 0) is 30.9 Å². The molecule has 2 rings (SSSR count). The average molecular weight is 245 g/mol. The lowest BCUT2D eigenvalue weighted by Crippen LogP contribution is -2.31. The Kier molecular flexibility index (Phi) is 3.53. The number of hydrogen-bond donors (Lipinski definition) is 1. The minimum Gasteiger partial charge on any atom is -0.453 e. The Hall–Kier alpha value is -1.61. The minimum absolute atomic E-state index is 0.112. The molecule has 0 aliphatic heterocycles. The lowest BCUT2D eigenvalue weighted by molar-refractivity contribution is 0.0925. The van der Waals surface area contributed by atoms with E-state index in [-0.39, 0.29) is 5.78 Å².